The fraction of sp³-hybridized carbons (Fsp3) is 0.0455. The van der Waals surface area contributed by atoms with E-state index in [9.17, 15) is 14.7 Å². The molecule has 0 atom stereocenters. The van der Waals surface area contributed by atoms with E-state index in [2.05, 4.69) is 15.6 Å². The number of aromatic nitrogens is 1. The number of nitrogens with one attached hydrogen (secondary N) is 2. The minimum absolute atomic E-state index is 0.172. The predicted octanol–water partition coefficient (Wildman–Crippen LogP) is 3.59. The lowest BCUT2D eigenvalue weighted by Gasteiger charge is -2.08. The van der Waals surface area contributed by atoms with Gasteiger partial charge in [-0.3, -0.25) is 14.6 Å². The number of carbonyl (C=O) groups excluding carboxylic acids is 2. The molecule has 146 valence electrons. The molecule has 0 radical (unpaired) electrons. The molecular weight excluding hydrogens is 370 g/mol. The summed E-state index contributed by atoms with van der Waals surface area (Å²) in [6.45, 7) is 0. The number of phenols is 1. The number of anilines is 1. The SMILES string of the molecule is CNC(=O)c1cc(Oc2ccc(NC(=O)C=Cc3ccc(O)cc3)cc2)ccn1. The zero-order valence-corrected chi connectivity index (χ0v) is 15.6. The van der Waals surface area contributed by atoms with Gasteiger partial charge in [0.1, 0.15) is 22.9 Å². The first-order valence-electron chi connectivity index (χ1n) is 8.77. The van der Waals surface area contributed by atoms with Crippen molar-refractivity contribution in [1.82, 2.24) is 10.3 Å². The van der Waals surface area contributed by atoms with Crippen molar-refractivity contribution in [2.75, 3.05) is 12.4 Å². The highest BCUT2D eigenvalue weighted by molar-refractivity contribution is 6.01. The summed E-state index contributed by atoms with van der Waals surface area (Å²) in [5.41, 5.74) is 1.67. The van der Waals surface area contributed by atoms with Crippen molar-refractivity contribution in [3.63, 3.8) is 0 Å². The van der Waals surface area contributed by atoms with Crippen molar-refractivity contribution in [3.8, 4) is 17.2 Å². The third-order valence-corrected chi connectivity index (χ3v) is 3.87. The van der Waals surface area contributed by atoms with Crippen LogP contribution in [0.4, 0.5) is 5.69 Å². The Bertz CT molecular complexity index is 1030. The van der Waals surface area contributed by atoms with Crippen molar-refractivity contribution in [2.24, 2.45) is 0 Å². The highest BCUT2D eigenvalue weighted by Gasteiger charge is 2.07. The van der Waals surface area contributed by atoms with E-state index in [-0.39, 0.29) is 23.3 Å². The second-order valence-electron chi connectivity index (χ2n) is 6.00. The van der Waals surface area contributed by atoms with Gasteiger partial charge in [0.05, 0.1) is 0 Å². The van der Waals surface area contributed by atoms with Gasteiger partial charge in [0.25, 0.3) is 5.91 Å². The van der Waals surface area contributed by atoms with Gasteiger partial charge in [-0.05, 0) is 54.1 Å². The Morgan fingerprint density at radius 3 is 2.41 bits per heavy atom. The molecule has 3 rings (SSSR count). The van der Waals surface area contributed by atoms with Gasteiger partial charge in [0.15, 0.2) is 0 Å². The first-order chi connectivity index (χ1) is 14.0. The molecule has 7 nitrogen and oxygen atoms in total. The molecule has 0 aliphatic rings. The quantitative estimate of drug-likeness (QED) is 0.560. The molecule has 2 aromatic carbocycles. The van der Waals surface area contributed by atoms with E-state index in [4.69, 9.17) is 4.74 Å². The van der Waals surface area contributed by atoms with Crippen molar-refractivity contribution >= 4 is 23.6 Å². The summed E-state index contributed by atoms with van der Waals surface area (Å²) in [4.78, 5) is 27.7. The minimum atomic E-state index is -0.297. The Labute approximate surface area is 167 Å². The summed E-state index contributed by atoms with van der Waals surface area (Å²) in [5, 5.41) is 14.5. The Kier molecular flexibility index (Phi) is 6.22. The molecule has 0 saturated carbocycles. The molecule has 29 heavy (non-hydrogen) atoms. The van der Waals surface area contributed by atoms with Crippen molar-refractivity contribution in [1.29, 1.82) is 0 Å². The van der Waals surface area contributed by atoms with E-state index in [0.29, 0.717) is 17.2 Å². The number of amides is 2. The van der Waals surface area contributed by atoms with Crippen molar-refractivity contribution in [3.05, 3.63) is 84.2 Å². The number of aromatic hydroxyl groups is 1. The monoisotopic (exact) mass is 389 g/mol. The summed E-state index contributed by atoms with van der Waals surface area (Å²) < 4.78 is 5.72. The molecule has 1 heterocycles. The van der Waals surface area contributed by atoms with Crippen LogP contribution < -0.4 is 15.4 Å². The Balaban J connectivity index is 1.59. The van der Waals surface area contributed by atoms with E-state index in [0.717, 1.165) is 5.56 Å². The van der Waals surface area contributed by atoms with Gasteiger partial charge in [0.2, 0.25) is 5.91 Å². The van der Waals surface area contributed by atoms with Gasteiger partial charge in [-0.25, -0.2) is 0 Å². The number of hydrogen-bond donors (Lipinski definition) is 3. The minimum Gasteiger partial charge on any atom is -0.508 e. The molecule has 0 unspecified atom stereocenters. The van der Waals surface area contributed by atoms with Crippen LogP contribution in [0.15, 0.2) is 72.9 Å². The van der Waals surface area contributed by atoms with Gasteiger partial charge in [-0.2, -0.15) is 0 Å². The molecule has 0 fully saturated rings. The third-order valence-electron chi connectivity index (χ3n) is 3.87. The molecular formula is C22H19N3O4. The zero-order valence-electron chi connectivity index (χ0n) is 15.6. The van der Waals surface area contributed by atoms with Gasteiger partial charge in [0, 0.05) is 31.1 Å². The molecule has 0 aliphatic carbocycles. The largest absolute Gasteiger partial charge is 0.508 e. The normalized spacial score (nSPS) is 10.5. The molecule has 3 N–H and O–H groups in total. The second kappa shape index (κ2) is 9.18. The molecule has 1 aromatic heterocycles. The van der Waals surface area contributed by atoms with Crippen LogP contribution in [0.5, 0.6) is 17.2 Å². The molecule has 3 aromatic rings. The van der Waals surface area contributed by atoms with Crippen molar-refractivity contribution in [2.45, 2.75) is 0 Å². The lowest BCUT2D eigenvalue weighted by Crippen LogP contribution is -2.18. The molecule has 0 saturated heterocycles. The summed E-state index contributed by atoms with van der Waals surface area (Å²) in [5.74, 6) is 0.624. The number of ether oxygens (including phenoxy) is 1. The predicted molar refractivity (Wildman–Crippen MR) is 110 cm³/mol. The molecule has 0 aliphatic heterocycles. The molecule has 0 spiro atoms. The van der Waals surface area contributed by atoms with E-state index in [1.165, 1.54) is 19.3 Å². The first kappa shape index (κ1) is 19.6. The van der Waals surface area contributed by atoms with Gasteiger partial charge < -0.3 is 20.5 Å². The number of nitrogens with zero attached hydrogens (tertiary/aromatic N) is 1. The standard InChI is InChI=1S/C22H19N3O4/c1-23-22(28)20-14-19(12-13-24-20)29-18-9-5-16(6-10-18)25-21(27)11-4-15-2-7-17(26)8-3-15/h2-14,26H,1H3,(H,23,28)(H,25,27). The van der Waals surface area contributed by atoms with Gasteiger partial charge in [-0.15, -0.1) is 0 Å². The van der Waals surface area contributed by atoms with Crippen LogP contribution in [0, 0.1) is 0 Å². The number of pyridine rings is 1. The van der Waals surface area contributed by atoms with Crippen LogP contribution in [-0.4, -0.2) is 29.0 Å². The first-order valence-corrected chi connectivity index (χ1v) is 8.77. The Morgan fingerprint density at radius 2 is 1.72 bits per heavy atom. The molecule has 2 amide bonds. The highest BCUT2D eigenvalue weighted by Crippen LogP contribution is 2.23. The topological polar surface area (TPSA) is 101 Å². The second-order valence-corrected chi connectivity index (χ2v) is 6.00. The number of carbonyl (C=O) groups is 2. The summed E-state index contributed by atoms with van der Waals surface area (Å²) >= 11 is 0. The summed E-state index contributed by atoms with van der Waals surface area (Å²) in [6, 6.07) is 16.6. The van der Waals surface area contributed by atoms with Gasteiger partial charge in [-0.1, -0.05) is 12.1 Å². The van der Waals surface area contributed by atoms with Crippen molar-refractivity contribution < 1.29 is 19.4 Å². The maximum atomic E-state index is 12.0. The number of hydrogen-bond acceptors (Lipinski definition) is 5. The van der Waals surface area contributed by atoms with E-state index < -0.39 is 0 Å². The van der Waals surface area contributed by atoms with Crippen LogP contribution in [0.25, 0.3) is 6.08 Å². The maximum absolute atomic E-state index is 12.0. The van der Waals surface area contributed by atoms with Crippen LogP contribution >= 0.6 is 0 Å². The fourth-order valence-corrected chi connectivity index (χ4v) is 2.41. The number of rotatable bonds is 6. The van der Waals surface area contributed by atoms with Crippen LogP contribution in [0.1, 0.15) is 16.1 Å². The fourth-order valence-electron chi connectivity index (χ4n) is 2.41. The number of benzene rings is 2. The van der Waals surface area contributed by atoms with Crippen LogP contribution in [0.3, 0.4) is 0 Å². The highest BCUT2D eigenvalue weighted by atomic mass is 16.5. The average molecular weight is 389 g/mol. The summed E-state index contributed by atoms with van der Waals surface area (Å²) in [6.07, 6.45) is 4.56. The molecule has 0 bridgehead atoms. The van der Waals surface area contributed by atoms with Crippen LogP contribution in [-0.2, 0) is 4.79 Å². The average Bonchev–Trinajstić information content (AvgIpc) is 2.74. The van der Waals surface area contributed by atoms with E-state index >= 15 is 0 Å². The van der Waals surface area contributed by atoms with Gasteiger partial charge >= 0.3 is 0 Å². The lowest BCUT2D eigenvalue weighted by molar-refractivity contribution is -0.111. The Morgan fingerprint density at radius 1 is 1.00 bits per heavy atom. The van der Waals surface area contributed by atoms with Crippen LogP contribution in [0.2, 0.25) is 0 Å². The zero-order chi connectivity index (χ0) is 20.6. The lowest BCUT2D eigenvalue weighted by atomic mass is 10.2. The third kappa shape index (κ3) is 5.67. The van der Waals surface area contributed by atoms with E-state index in [1.807, 2.05) is 0 Å². The summed E-state index contributed by atoms with van der Waals surface area (Å²) in [7, 11) is 1.53. The van der Waals surface area contributed by atoms with E-state index in [1.54, 1.807) is 66.7 Å². The number of phenolic OH excluding ortho intramolecular Hbond substituents is 1. The Hall–Kier alpha value is -4.13. The smallest absolute Gasteiger partial charge is 0.269 e. The molecule has 7 heteroatoms. The maximum Gasteiger partial charge on any atom is 0.269 e.